The number of aryl methyl sites for hydroxylation is 1. The Morgan fingerprint density at radius 1 is 1.18 bits per heavy atom. The fourth-order valence-corrected chi connectivity index (χ4v) is 4.37. The number of carboxylic acids is 1. The number of carbonyl (C=O) groups is 3. The lowest BCUT2D eigenvalue weighted by Gasteiger charge is -2.29. The predicted molar refractivity (Wildman–Crippen MR) is 122 cm³/mol. The van der Waals surface area contributed by atoms with Gasteiger partial charge in [-0.2, -0.15) is 0 Å². The summed E-state index contributed by atoms with van der Waals surface area (Å²) in [6.45, 7) is 3.48. The Balaban J connectivity index is 1.89. The van der Waals surface area contributed by atoms with Crippen molar-refractivity contribution in [3.63, 3.8) is 0 Å². The van der Waals surface area contributed by atoms with E-state index in [2.05, 4.69) is 5.32 Å². The van der Waals surface area contributed by atoms with E-state index in [1.807, 2.05) is 31.2 Å². The van der Waals surface area contributed by atoms with Crippen molar-refractivity contribution < 1.29 is 29.7 Å². The van der Waals surface area contributed by atoms with Crippen LogP contribution in [-0.2, 0) is 16.0 Å². The standard InChI is InChI=1S/C24H27ClN2O6/c1-13-5-3-6-15(9-13)10-18(26-22(30)17-7-4-8-20(28)14(17)2)21(29)23(31)27-12-16(25)11-19(27)24(32)33/h3-9,16,18-19,21,28-29H,10-12H2,1-2H3,(H,26,30)(H,32,33)/t16-,18-,19-,21-/m0/s1. The molecule has 1 aliphatic heterocycles. The zero-order chi connectivity index (χ0) is 24.3. The number of nitrogens with zero attached hydrogens (tertiary/aromatic N) is 1. The van der Waals surface area contributed by atoms with Crippen LogP contribution in [0.2, 0.25) is 0 Å². The number of hydrogen-bond acceptors (Lipinski definition) is 5. The number of aromatic hydroxyl groups is 1. The highest BCUT2D eigenvalue weighted by Crippen LogP contribution is 2.25. The van der Waals surface area contributed by atoms with E-state index in [9.17, 15) is 29.7 Å². The zero-order valence-electron chi connectivity index (χ0n) is 18.4. The summed E-state index contributed by atoms with van der Waals surface area (Å²) in [5, 5.41) is 32.5. The normalized spacial score (nSPS) is 19.7. The smallest absolute Gasteiger partial charge is 0.326 e. The molecule has 1 heterocycles. The number of likely N-dealkylation sites (tertiary alicyclic amines) is 1. The second-order valence-electron chi connectivity index (χ2n) is 8.35. The van der Waals surface area contributed by atoms with Crippen LogP contribution in [0.3, 0.4) is 0 Å². The molecule has 1 saturated heterocycles. The molecule has 176 valence electrons. The monoisotopic (exact) mass is 474 g/mol. The minimum atomic E-state index is -1.70. The number of amides is 2. The number of halogens is 1. The van der Waals surface area contributed by atoms with Crippen LogP contribution in [0.1, 0.15) is 33.5 Å². The number of phenolic OH excluding ortho intramolecular Hbond substituents is 1. The van der Waals surface area contributed by atoms with E-state index in [0.717, 1.165) is 16.0 Å². The first kappa shape index (κ1) is 24.5. The van der Waals surface area contributed by atoms with E-state index in [1.165, 1.54) is 18.2 Å². The summed E-state index contributed by atoms with van der Waals surface area (Å²) in [5.74, 6) is -2.63. The van der Waals surface area contributed by atoms with Gasteiger partial charge in [-0.15, -0.1) is 11.6 Å². The number of benzene rings is 2. The zero-order valence-corrected chi connectivity index (χ0v) is 19.1. The first-order chi connectivity index (χ1) is 15.6. The summed E-state index contributed by atoms with van der Waals surface area (Å²) in [6.07, 6.45) is -1.49. The highest BCUT2D eigenvalue weighted by molar-refractivity contribution is 6.21. The van der Waals surface area contributed by atoms with Gasteiger partial charge in [-0.25, -0.2) is 4.79 Å². The number of aliphatic carboxylic acids is 1. The Hall–Kier alpha value is -3.10. The van der Waals surface area contributed by atoms with E-state index in [1.54, 1.807) is 6.92 Å². The quantitative estimate of drug-likeness (QED) is 0.454. The Labute approximate surface area is 196 Å². The summed E-state index contributed by atoms with van der Waals surface area (Å²) < 4.78 is 0. The number of rotatable bonds is 7. The number of hydrogen-bond donors (Lipinski definition) is 4. The molecule has 0 aromatic heterocycles. The first-order valence-corrected chi connectivity index (χ1v) is 11.0. The number of aliphatic hydroxyl groups is 1. The molecule has 0 spiro atoms. The summed E-state index contributed by atoms with van der Waals surface area (Å²) in [4.78, 5) is 38.7. The number of carboxylic acid groups (broad SMARTS) is 1. The Morgan fingerprint density at radius 2 is 1.88 bits per heavy atom. The molecule has 4 N–H and O–H groups in total. The minimum Gasteiger partial charge on any atom is -0.508 e. The van der Waals surface area contributed by atoms with Crippen molar-refractivity contribution in [2.75, 3.05) is 6.54 Å². The van der Waals surface area contributed by atoms with Gasteiger partial charge in [0.2, 0.25) is 0 Å². The van der Waals surface area contributed by atoms with Crippen molar-refractivity contribution in [3.05, 3.63) is 64.7 Å². The fraction of sp³-hybridized carbons (Fsp3) is 0.375. The molecule has 2 amide bonds. The molecule has 2 aromatic rings. The third kappa shape index (κ3) is 5.64. The van der Waals surface area contributed by atoms with Crippen LogP contribution in [0.5, 0.6) is 5.75 Å². The van der Waals surface area contributed by atoms with Gasteiger partial charge >= 0.3 is 5.97 Å². The van der Waals surface area contributed by atoms with Gasteiger partial charge in [0, 0.05) is 17.7 Å². The molecule has 1 aliphatic rings. The van der Waals surface area contributed by atoms with Gasteiger partial charge in [-0.3, -0.25) is 9.59 Å². The van der Waals surface area contributed by atoms with Crippen molar-refractivity contribution >= 4 is 29.4 Å². The Bertz CT molecular complexity index is 1060. The maximum atomic E-state index is 13.1. The van der Waals surface area contributed by atoms with Crippen molar-refractivity contribution in [1.29, 1.82) is 0 Å². The largest absolute Gasteiger partial charge is 0.508 e. The van der Waals surface area contributed by atoms with Crippen LogP contribution >= 0.6 is 11.6 Å². The summed E-state index contributed by atoms with van der Waals surface area (Å²) in [6, 6.07) is 9.74. The van der Waals surface area contributed by atoms with E-state index >= 15 is 0 Å². The molecule has 0 saturated carbocycles. The highest BCUT2D eigenvalue weighted by Gasteiger charge is 2.42. The number of carbonyl (C=O) groups excluding carboxylic acids is 2. The molecule has 33 heavy (non-hydrogen) atoms. The SMILES string of the molecule is Cc1cccc(C[C@H](NC(=O)c2cccc(O)c2C)[C@H](O)C(=O)N2C[C@@H](Cl)C[C@H]2C(=O)O)c1. The maximum absolute atomic E-state index is 13.1. The van der Waals surface area contributed by atoms with Gasteiger partial charge in [0.25, 0.3) is 11.8 Å². The van der Waals surface area contributed by atoms with Gasteiger partial charge in [0.1, 0.15) is 11.8 Å². The first-order valence-electron chi connectivity index (χ1n) is 10.6. The lowest BCUT2D eigenvalue weighted by molar-refractivity contribution is -0.152. The van der Waals surface area contributed by atoms with Crippen molar-refractivity contribution in [3.8, 4) is 5.75 Å². The van der Waals surface area contributed by atoms with Gasteiger partial charge in [-0.05, 0) is 44.4 Å². The van der Waals surface area contributed by atoms with Gasteiger partial charge in [0.05, 0.1) is 11.4 Å². The van der Waals surface area contributed by atoms with Crippen molar-refractivity contribution in [2.45, 2.75) is 50.3 Å². The fourth-order valence-electron chi connectivity index (χ4n) is 4.05. The number of aliphatic hydroxyl groups excluding tert-OH is 1. The molecule has 9 heteroatoms. The van der Waals surface area contributed by atoms with E-state index in [-0.39, 0.29) is 30.7 Å². The second kappa shape index (κ2) is 10.2. The molecule has 0 radical (unpaired) electrons. The van der Waals surface area contributed by atoms with Crippen molar-refractivity contribution in [1.82, 2.24) is 10.2 Å². The lowest BCUT2D eigenvalue weighted by atomic mass is 9.97. The highest BCUT2D eigenvalue weighted by atomic mass is 35.5. The average Bonchev–Trinajstić information content (AvgIpc) is 3.16. The Morgan fingerprint density at radius 3 is 2.55 bits per heavy atom. The molecule has 0 aliphatic carbocycles. The van der Waals surface area contributed by atoms with Crippen LogP contribution in [0, 0.1) is 13.8 Å². The molecule has 4 atom stereocenters. The van der Waals surface area contributed by atoms with Crippen LogP contribution in [0.25, 0.3) is 0 Å². The lowest BCUT2D eigenvalue weighted by Crippen LogP contribution is -2.54. The molecule has 3 rings (SSSR count). The van der Waals surface area contributed by atoms with E-state index < -0.39 is 41.3 Å². The van der Waals surface area contributed by atoms with Crippen LogP contribution in [0.4, 0.5) is 0 Å². The van der Waals surface area contributed by atoms with Gasteiger partial charge < -0.3 is 25.5 Å². The number of phenols is 1. The summed E-state index contributed by atoms with van der Waals surface area (Å²) in [7, 11) is 0. The molecular formula is C24H27ClN2O6. The Kier molecular flexibility index (Phi) is 7.61. The summed E-state index contributed by atoms with van der Waals surface area (Å²) in [5.41, 5.74) is 2.32. The molecule has 0 bridgehead atoms. The molecule has 0 unspecified atom stereocenters. The minimum absolute atomic E-state index is 0.00874. The van der Waals surface area contributed by atoms with E-state index in [4.69, 9.17) is 11.6 Å². The molecule has 1 fully saturated rings. The van der Waals surface area contributed by atoms with Crippen molar-refractivity contribution in [2.24, 2.45) is 0 Å². The summed E-state index contributed by atoms with van der Waals surface area (Å²) >= 11 is 6.09. The molecule has 8 nitrogen and oxygen atoms in total. The molecular weight excluding hydrogens is 448 g/mol. The van der Waals surface area contributed by atoms with Crippen LogP contribution < -0.4 is 5.32 Å². The van der Waals surface area contributed by atoms with Gasteiger partial charge in [-0.1, -0.05) is 35.9 Å². The number of nitrogens with one attached hydrogen (secondary N) is 1. The van der Waals surface area contributed by atoms with E-state index in [0.29, 0.717) is 5.56 Å². The topological polar surface area (TPSA) is 127 Å². The van der Waals surface area contributed by atoms with Gasteiger partial charge in [0.15, 0.2) is 6.10 Å². The number of alkyl halides is 1. The molecule has 2 aromatic carbocycles. The predicted octanol–water partition coefficient (Wildman–Crippen LogP) is 2.00. The second-order valence-corrected chi connectivity index (χ2v) is 8.96. The van der Waals surface area contributed by atoms with Crippen LogP contribution in [0.15, 0.2) is 42.5 Å². The third-order valence-electron chi connectivity index (χ3n) is 5.86. The van der Waals surface area contributed by atoms with Crippen LogP contribution in [-0.4, -0.2) is 68.1 Å². The maximum Gasteiger partial charge on any atom is 0.326 e. The third-order valence-corrected chi connectivity index (χ3v) is 6.17. The average molecular weight is 475 g/mol.